The van der Waals surface area contributed by atoms with Crippen LogP contribution >= 0.6 is 0 Å². The van der Waals surface area contributed by atoms with Gasteiger partial charge in [-0.15, -0.1) is 0 Å². The first-order chi connectivity index (χ1) is 3.93. The quantitative estimate of drug-likeness (QED) is 0.481. The van der Waals surface area contributed by atoms with Gasteiger partial charge in [-0.3, -0.25) is 0 Å². The highest BCUT2D eigenvalue weighted by Crippen LogP contribution is 1.92. The van der Waals surface area contributed by atoms with Crippen molar-refractivity contribution in [2.24, 2.45) is 0 Å². The molecular formula is C5H9NO2. The van der Waals surface area contributed by atoms with Crippen LogP contribution in [0.25, 0.3) is 0 Å². The average Bonchev–Trinajstić information content (AvgIpc) is 1.90. The molecule has 0 fully saturated rings. The molecule has 0 amide bonds. The fourth-order valence-corrected chi connectivity index (χ4v) is 0.565. The first-order valence-electron chi connectivity index (χ1n) is 2.59. The first kappa shape index (κ1) is 5.44. The first-order valence-corrected chi connectivity index (χ1v) is 2.59. The Bertz CT molecular complexity index is 101. The number of hydrogen-bond acceptors (Lipinski definition) is 3. The zero-order valence-electron chi connectivity index (χ0n) is 4.55. The molecule has 1 rings (SSSR count). The Kier molecular flexibility index (Phi) is 1.75. The van der Waals surface area contributed by atoms with E-state index in [4.69, 9.17) is 9.84 Å². The second-order valence-corrected chi connectivity index (χ2v) is 1.60. The van der Waals surface area contributed by atoms with Crippen LogP contribution in [0.4, 0.5) is 0 Å². The number of rotatable bonds is 1. The Morgan fingerprint density at radius 2 is 2.75 bits per heavy atom. The van der Waals surface area contributed by atoms with E-state index in [9.17, 15) is 0 Å². The SMILES string of the molecule is OCC1=COCCN1. The Morgan fingerprint density at radius 1 is 1.88 bits per heavy atom. The Balaban J connectivity index is 2.37. The fourth-order valence-electron chi connectivity index (χ4n) is 0.565. The van der Waals surface area contributed by atoms with Gasteiger partial charge in [-0.2, -0.15) is 0 Å². The van der Waals surface area contributed by atoms with Gasteiger partial charge in [0.2, 0.25) is 0 Å². The van der Waals surface area contributed by atoms with Crippen LogP contribution in [0.3, 0.4) is 0 Å². The summed E-state index contributed by atoms with van der Waals surface area (Å²) in [7, 11) is 0. The van der Waals surface area contributed by atoms with Crippen LogP contribution in [0, 0.1) is 0 Å². The molecule has 3 nitrogen and oxygen atoms in total. The minimum Gasteiger partial charge on any atom is -0.497 e. The highest BCUT2D eigenvalue weighted by Gasteiger charge is 1.98. The summed E-state index contributed by atoms with van der Waals surface area (Å²) in [6.45, 7) is 1.54. The van der Waals surface area contributed by atoms with Crippen molar-refractivity contribution >= 4 is 0 Å². The molecule has 0 radical (unpaired) electrons. The molecule has 0 saturated carbocycles. The highest BCUT2D eigenvalue weighted by atomic mass is 16.5. The summed E-state index contributed by atoms with van der Waals surface area (Å²) in [4.78, 5) is 0. The van der Waals surface area contributed by atoms with Crippen LogP contribution < -0.4 is 5.32 Å². The number of ether oxygens (including phenoxy) is 1. The minimum absolute atomic E-state index is 0.0417. The third kappa shape index (κ3) is 1.13. The Morgan fingerprint density at radius 3 is 3.12 bits per heavy atom. The van der Waals surface area contributed by atoms with Crippen LogP contribution in [0.2, 0.25) is 0 Å². The van der Waals surface area contributed by atoms with Crippen LogP contribution in [-0.2, 0) is 4.74 Å². The molecule has 0 bridgehead atoms. The standard InChI is InChI=1S/C5H9NO2/c7-3-5-4-8-2-1-6-5/h4,6-7H,1-3H2. The lowest BCUT2D eigenvalue weighted by Gasteiger charge is -2.13. The molecule has 3 heteroatoms. The molecule has 8 heavy (non-hydrogen) atoms. The van der Waals surface area contributed by atoms with Crippen molar-refractivity contribution in [3.05, 3.63) is 12.0 Å². The van der Waals surface area contributed by atoms with Gasteiger partial charge in [-0.05, 0) is 0 Å². The topological polar surface area (TPSA) is 41.5 Å². The molecule has 0 aliphatic carbocycles. The van der Waals surface area contributed by atoms with Crippen molar-refractivity contribution in [3.63, 3.8) is 0 Å². The zero-order chi connectivity index (χ0) is 5.82. The zero-order valence-corrected chi connectivity index (χ0v) is 4.55. The molecule has 46 valence electrons. The summed E-state index contributed by atoms with van der Waals surface area (Å²) in [5.74, 6) is 0. The molecule has 1 aliphatic heterocycles. The van der Waals surface area contributed by atoms with E-state index in [1.54, 1.807) is 6.26 Å². The van der Waals surface area contributed by atoms with Crippen molar-refractivity contribution in [1.29, 1.82) is 0 Å². The van der Waals surface area contributed by atoms with Gasteiger partial charge in [0.05, 0.1) is 12.3 Å². The number of nitrogens with one attached hydrogen (secondary N) is 1. The molecule has 0 aromatic heterocycles. The van der Waals surface area contributed by atoms with Crippen molar-refractivity contribution in [3.8, 4) is 0 Å². The number of aliphatic hydroxyl groups excluding tert-OH is 1. The predicted molar refractivity (Wildman–Crippen MR) is 29.1 cm³/mol. The van der Waals surface area contributed by atoms with Crippen molar-refractivity contribution in [2.45, 2.75) is 0 Å². The normalized spacial score (nSPS) is 18.4. The molecule has 1 heterocycles. The predicted octanol–water partition coefficient (Wildman–Crippen LogP) is -0.560. The molecule has 0 saturated heterocycles. The maximum absolute atomic E-state index is 8.48. The maximum atomic E-state index is 8.48. The van der Waals surface area contributed by atoms with Gasteiger partial charge in [0, 0.05) is 6.54 Å². The van der Waals surface area contributed by atoms with E-state index in [0.717, 1.165) is 12.2 Å². The molecule has 0 aromatic rings. The Hall–Kier alpha value is -0.700. The summed E-state index contributed by atoms with van der Waals surface area (Å²) < 4.78 is 4.89. The van der Waals surface area contributed by atoms with Gasteiger partial charge in [0.25, 0.3) is 0 Å². The van der Waals surface area contributed by atoms with E-state index in [1.165, 1.54) is 0 Å². The number of hydrogen-bond donors (Lipinski definition) is 2. The fraction of sp³-hybridized carbons (Fsp3) is 0.600. The van der Waals surface area contributed by atoms with E-state index < -0.39 is 0 Å². The summed E-state index contributed by atoms with van der Waals surface area (Å²) in [6.07, 6.45) is 1.55. The van der Waals surface area contributed by atoms with E-state index in [2.05, 4.69) is 5.32 Å². The van der Waals surface area contributed by atoms with E-state index in [1.807, 2.05) is 0 Å². The molecule has 1 aliphatic rings. The van der Waals surface area contributed by atoms with Gasteiger partial charge < -0.3 is 15.2 Å². The van der Waals surface area contributed by atoms with Gasteiger partial charge in [-0.25, -0.2) is 0 Å². The van der Waals surface area contributed by atoms with E-state index in [-0.39, 0.29) is 6.61 Å². The number of aliphatic hydroxyl groups is 1. The summed E-state index contributed by atoms with van der Waals surface area (Å²) in [6, 6.07) is 0. The van der Waals surface area contributed by atoms with Crippen LogP contribution in [-0.4, -0.2) is 24.9 Å². The monoisotopic (exact) mass is 115 g/mol. The lowest BCUT2D eigenvalue weighted by atomic mass is 10.4. The average molecular weight is 115 g/mol. The molecular weight excluding hydrogens is 106 g/mol. The third-order valence-corrected chi connectivity index (χ3v) is 0.968. The second-order valence-electron chi connectivity index (χ2n) is 1.60. The van der Waals surface area contributed by atoms with Gasteiger partial charge in [-0.1, -0.05) is 0 Å². The lowest BCUT2D eigenvalue weighted by Crippen LogP contribution is -2.24. The minimum atomic E-state index is 0.0417. The van der Waals surface area contributed by atoms with Crippen molar-refractivity contribution in [2.75, 3.05) is 19.8 Å². The van der Waals surface area contributed by atoms with Gasteiger partial charge in [0.1, 0.15) is 12.9 Å². The van der Waals surface area contributed by atoms with Crippen LogP contribution in [0.15, 0.2) is 12.0 Å². The summed E-state index contributed by atoms with van der Waals surface area (Å²) in [5, 5.41) is 11.4. The second kappa shape index (κ2) is 2.57. The smallest absolute Gasteiger partial charge is 0.105 e. The van der Waals surface area contributed by atoms with Gasteiger partial charge >= 0.3 is 0 Å². The van der Waals surface area contributed by atoms with Crippen LogP contribution in [0.5, 0.6) is 0 Å². The van der Waals surface area contributed by atoms with Crippen molar-refractivity contribution < 1.29 is 9.84 Å². The lowest BCUT2D eigenvalue weighted by molar-refractivity contribution is 0.213. The largest absolute Gasteiger partial charge is 0.497 e. The van der Waals surface area contributed by atoms with Gasteiger partial charge in [0.15, 0.2) is 0 Å². The Labute approximate surface area is 48.0 Å². The summed E-state index contributed by atoms with van der Waals surface area (Å²) >= 11 is 0. The molecule has 0 unspecified atom stereocenters. The molecule has 0 atom stereocenters. The highest BCUT2D eigenvalue weighted by molar-refractivity contribution is 4.96. The molecule has 0 spiro atoms. The maximum Gasteiger partial charge on any atom is 0.105 e. The van der Waals surface area contributed by atoms with Crippen molar-refractivity contribution in [1.82, 2.24) is 5.32 Å². The third-order valence-electron chi connectivity index (χ3n) is 0.968. The van der Waals surface area contributed by atoms with E-state index in [0.29, 0.717) is 6.61 Å². The summed E-state index contributed by atoms with van der Waals surface area (Å²) in [5.41, 5.74) is 0.760. The van der Waals surface area contributed by atoms with E-state index >= 15 is 0 Å². The molecule has 2 N–H and O–H groups in total. The molecule has 0 aromatic carbocycles. The van der Waals surface area contributed by atoms with Crippen LogP contribution in [0.1, 0.15) is 0 Å².